The molecule has 0 atom stereocenters. The summed E-state index contributed by atoms with van der Waals surface area (Å²) in [5.41, 5.74) is 0.745. The Morgan fingerprint density at radius 3 is 2.94 bits per heavy atom. The van der Waals surface area contributed by atoms with Crippen molar-refractivity contribution < 1.29 is 4.79 Å². The Hall–Kier alpha value is -2.08. The van der Waals surface area contributed by atoms with Gasteiger partial charge in [-0.3, -0.25) is 9.20 Å². The van der Waals surface area contributed by atoms with Crippen molar-refractivity contribution in [2.75, 3.05) is 0 Å². The van der Waals surface area contributed by atoms with Gasteiger partial charge >= 0.3 is 0 Å². The van der Waals surface area contributed by atoms with Crippen molar-refractivity contribution in [2.45, 2.75) is 6.42 Å². The molecule has 5 nitrogen and oxygen atoms in total. The van der Waals surface area contributed by atoms with E-state index in [9.17, 15) is 4.79 Å². The lowest BCUT2D eigenvalue weighted by Crippen LogP contribution is -2.08. The summed E-state index contributed by atoms with van der Waals surface area (Å²) >= 11 is 1.54. The summed E-state index contributed by atoms with van der Waals surface area (Å²) in [4.78, 5) is 24.9. The number of Topliss-reactive ketones (excluding diaryl/α,β-unsaturated/α-hetero) is 1. The number of hydrogen-bond acceptors (Lipinski definition) is 5. The molecule has 84 valence electrons. The number of imidazole rings is 1. The number of nitrogens with zero attached hydrogens (tertiary/aromatic N) is 4. The van der Waals surface area contributed by atoms with Crippen LogP contribution in [0.1, 0.15) is 16.3 Å². The van der Waals surface area contributed by atoms with E-state index in [1.807, 2.05) is 22.2 Å². The van der Waals surface area contributed by atoms with E-state index in [1.165, 1.54) is 0 Å². The van der Waals surface area contributed by atoms with Crippen LogP contribution >= 0.6 is 11.3 Å². The molecule has 3 heterocycles. The molecule has 3 rings (SSSR count). The molecular weight excluding hydrogens is 236 g/mol. The average molecular weight is 244 g/mol. The summed E-state index contributed by atoms with van der Waals surface area (Å²) in [6, 6.07) is 1.68. The maximum absolute atomic E-state index is 11.8. The monoisotopic (exact) mass is 244 g/mol. The van der Waals surface area contributed by atoms with E-state index in [4.69, 9.17) is 0 Å². The Morgan fingerprint density at radius 2 is 2.18 bits per heavy atom. The molecule has 3 aromatic heterocycles. The molecule has 0 aromatic carbocycles. The number of rotatable bonds is 3. The lowest BCUT2D eigenvalue weighted by Gasteiger charge is -1.95. The molecule has 0 spiro atoms. The molecule has 0 N–H and O–H groups in total. The van der Waals surface area contributed by atoms with Crippen molar-refractivity contribution >= 4 is 22.1 Å². The van der Waals surface area contributed by atoms with Gasteiger partial charge in [0.2, 0.25) is 5.78 Å². The first kappa shape index (κ1) is 10.1. The zero-order chi connectivity index (χ0) is 11.7. The van der Waals surface area contributed by atoms with Crippen molar-refractivity contribution in [3.63, 3.8) is 0 Å². The molecule has 17 heavy (non-hydrogen) atoms. The van der Waals surface area contributed by atoms with Gasteiger partial charge in [-0.25, -0.2) is 15.0 Å². The van der Waals surface area contributed by atoms with E-state index >= 15 is 0 Å². The van der Waals surface area contributed by atoms with Crippen molar-refractivity contribution in [3.05, 3.63) is 47.8 Å². The lowest BCUT2D eigenvalue weighted by molar-refractivity contribution is 0.0982. The molecule has 0 unspecified atom stereocenters. The number of carbonyl (C=O) groups excluding carboxylic acids is 1. The third-order valence-corrected chi connectivity index (χ3v) is 3.07. The van der Waals surface area contributed by atoms with Gasteiger partial charge in [0.25, 0.3) is 0 Å². The maximum Gasteiger partial charge on any atom is 0.206 e. The van der Waals surface area contributed by atoms with Gasteiger partial charge in [0.05, 0.1) is 12.1 Å². The molecular formula is C11H8N4OS. The fourth-order valence-corrected chi connectivity index (χ4v) is 2.27. The van der Waals surface area contributed by atoms with Crippen LogP contribution in [0.3, 0.4) is 0 Å². The van der Waals surface area contributed by atoms with Gasteiger partial charge in [0.15, 0.2) is 10.8 Å². The first-order chi connectivity index (χ1) is 8.33. The molecule has 3 aromatic rings. The van der Waals surface area contributed by atoms with Crippen molar-refractivity contribution in [1.82, 2.24) is 19.4 Å². The summed E-state index contributed by atoms with van der Waals surface area (Å²) in [5, 5.41) is 1.95. The second kappa shape index (κ2) is 4.06. The highest BCUT2D eigenvalue weighted by Crippen LogP contribution is 2.12. The molecule has 6 heteroatoms. The van der Waals surface area contributed by atoms with Crippen LogP contribution in [0.2, 0.25) is 0 Å². The van der Waals surface area contributed by atoms with Gasteiger partial charge in [-0.15, -0.1) is 11.3 Å². The highest BCUT2D eigenvalue weighted by molar-refractivity contribution is 7.15. The molecule has 0 aliphatic carbocycles. The van der Waals surface area contributed by atoms with Gasteiger partial charge in [0.1, 0.15) is 0 Å². The topological polar surface area (TPSA) is 60.2 Å². The fourth-order valence-electron chi connectivity index (χ4n) is 1.55. The van der Waals surface area contributed by atoms with E-state index in [2.05, 4.69) is 15.0 Å². The average Bonchev–Trinajstić information content (AvgIpc) is 2.90. The third-order valence-electron chi connectivity index (χ3n) is 2.30. The Labute approximate surface area is 101 Å². The largest absolute Gasteiger partial charge is 0.297 e. The molecule has 0 amide bonds. The van der Waals surface area contributed by atoms with Gasteiger partial charge < -0.3 is 0 Å². The highest BCUT2D eigenvalue weighted by atomic mass is 32.1. The predicted molar refractivity (Wildman–Crippen MR) is 63.1 cm³/mol. The minimum Gasteiger partial charge on any atom is -0.297 e. The molecule has 0 aliphatic heterocycles. The van der Waals surface area contributed by atoms with E-state index in [0.29, 0.717) is 0 Å². The van der Waals surface area contributed by atoms with Crippen LogP contribution in [0.5, 0.6) is 0 Å². The second-order valence-electron chi connectivity index (χ2n) is 3.50. The summed E-state index contributed by atoms with van der Waals surface area (Å²) in [6.07, 6.45) is 7.13. The zero-order valence-electron chi connectivity index (χ0n) is 8.78. The number of hydrogen-bond donors (Lipinski definition) is 0. The molecule has 0 fully saturated rings. The Kier molecular flexibility index (Phi) is 2.41. The number of thiazole rings is 1. The van der Waals surface area contributed by atoms with Crippen LogP contribution in [0, 0.1) is 0 Å². The summed E-state index contributed by atoms with van der Waals surface area (Å²) in [5.74, 6) is 0.125. The SMILES string of the molecule is O=C(Cc1cn2ccsc2n1)c1ncccn1. The highest BCUT2D eigenvalue weighted by Gasteiger charge is 2.12. The minimum absolute atomic E-state index is 0.114. The van der Waals surface area contributed by atoms with Crippen molar-refractivity contribution in [2.24, 2.45) is 0 Å². The summed E-state index contributed by atoms with van der Waals surface area (Å²) in [6.45, 7) is 0. The molecule has 0 aliphatic rings. The Balaban J connectivity index is 1.84. The van der Waals surface area contributed by atoms with Gasteiger partial charge in [0, 0.05) is 30.2 Å². The Bertz CT molecular complexity index is 630. The fraction of sp³-hybridized carbons (Fsp3) is 0.0909. The maximum atomic E-state index is 11.8. The summed E-state index contributed by atoms with van der Waals surface area (Å²) in [7, 11) is 0. The van der Waals surface area contributed by atoms with Crippen LogP contribution in [0.25, 0.3) is 4.96 Å². The minimum atomic E-state index is -0.114. The normalized spacial score (nSPS) is 10.8. The van der Waals surface area contributed by atoms with Crippen LogP contribution in [0.15, 0.2) is 36.2 Å². The smallest absolute Gasteiger partial charge is 0.206 e. The number of carbonyl (C=O) groups is 1. The summed E-state index contributed by atoms with van der Waals surface area (Å²) < 4.78 is 1.90. The molecule has 0 saturated heterocycles. The first-order valence-corrected chi connectivity index (χ1v) is 5.92. The van der Waals surface area contributed by atoms with Crippen LogP contribution in [0.4, 0.5) is 0 Å². The number of fused-ring (bicyclic) bond motifs is 1. The van der Waals surface area contributed by atoms with E-state index in [-0.39, 0.29) is 18.0 Å². The third kappa shape index (κ3) is 1.94. The molecule has 0 bridgehead atoms. The number of aromatic nitrogens is 4. The van der Waals surface area contributed by atoms with Gasteiger partial charge in [-0.05, 0) is 6.07 Å². The van der Waals surface area contributed by atoms with E-state index < -0.39 is 0 Å². The van der Waals surface area contributed by atoms with E-state index in [0.717, 1.165) is 10.7 Å². The zero-order valence-corrected chi connectivity index (χ0v) is 9.59. The quantitative estimate of drug-likeness (QED) is 0.657. The van der Waals surface area contributed by atoms with Crippen molar-refractivity contribution in [1.29, 1.82) is 0 Å². The standard InChI is InChI=1S/C11H8N4OS/c16-9(10-12-2-1-3-13-10)6-8-7-15-4-5-17-11(15)14-8/h1-5,7H,6H2. The van der Waals surface area contributed by atoms with Crippen LogP contribution < -0.4 is 0 Å². The Morgan fingerprint density at radius 1 is 1.35 bits per heavy atom. The second-order valence-corrected chi connectivity index (χ2v) is 4.37. The molecule has 0 saturated carbocycles. The molecule has 0 radical (unpaired) electrons. The van der Waals surface area contributed by atoms with Crippen LogP contribution in [-0.2, 0) is 6.42 Å². The lowest BCUT2D eigenvalue weighted by atomic mass is 10.2. The predicted octanol–water partition coefficient (Wildman–Crippen LogP) is 1.61. The number of ketones is 1. The van der Waals surface area contributed by atoms with E-state index in [1.54, 1.807) is 29.8 Å². The van der Waals surface area contributed by atoms with Gasteiger partial charge in [-0.1, -0.05) is 0 Å². The van der Waals surface area contributed by atoms with Crippen LogP contribution in [-0.4, -0.2) is 25.1 Å². The van der Waals surface area contributed by atoms with Crippen molar-refractivity contribution in [3.8, 4) is 0 Å². The first-order valence-electron chi connectivity index (χ1n) is 5.04. The van der Waals surface area contributed by atoms with Gasteiger partial charge in [-0.2, -0.15) is 0 Å².